The third-order valence-electron chi connectivity index (χ3n) is 5.53. The molecule has 0 unspecified atom stereocenters. The van der Waals surface area contributed by atoms with E-state index in [9.17, 15) is 4.79 Å². The maximum absolute atomic E-state index is 13.3. The van der Waals surface area contributed by atoms with Crippen LogP contribution in [0.2, 0.25) is 0 Å². The zero-order valence-corrected chi connectivity index (χ0v) is 20.3. The predicted octanol–water partition coefficient (Wildman–Crippen LogP) is 6.00. The Kier molecular flexibility index (Phi) is 6.59. The number of anilines is 2. The van der Waals surface area contributed by atoms with Crippen LogP contribution in [0.25, 0.3) is 0 Å². The Labute approximate surface area is 214 Å². The molecule has 0 aromatic heterocycles. The van der Waals surface area contributed by atoms with Gasteiger partial charge in [-0.25, -0.2) is 10.2 Å². The van der Waals surface area contributed by atoms with Gasteiger partial charge in [-0.15, -0.1) is 10.2 Å². The van der Waals surface area contributed by atoms with Gasteiger partial charge in [-0.05, 0) is 54.7 Å². The Morgan fingerprint density at radius 3 is 2.14 bits per heavy atom. The third-order valence-corrected chi connectivity index (χ3v) is 5.73. The number of para-hydroxylation sites is 2. The van der Waals surface area contributed by atoms with Crippen LogP contribution in [0, 0.1) is 0 Å². The number of nitrogens with one attached hydrogen (secondary N) is 2. The molecule has 1 heterocycles. The number of thiocarbonyl (C=S) groups is 1. The zero-order chi connectivity index (χ0) is 24.9. The number of hydrogen-bond acceptors (Lipinski definition) is 4. The lowest BCUT2D eigenvalue weighted by Crippen LogP contribution is -2.49. The first kappa shape index (κ1) is 23.1. The van der Waals surface area contributed by atoms with E-state index in [-0.39, 0.29) is 11.1 Å². The van der Waals surface area contributed by atoms with Gasteiger partial charge in [0.25, 0.3) is 0 Å². The Morgan fingerprint density at radius 1 is 0.806 bits per heavy atom. The Morgan fingerprint density at radius 2 is 1.42 bits per heavy atom. The zero-order valence-electron chi connectivity index (χ0n) is 19.5. The van der Waals surface area contributed by atoms with E-state index in [1.165, 1.54) is 0 Å². The van der Waals surface area contributed by atoms with Gasteiger partial charge in [-0.2, -0.15) is 0 Å². The Bertz CT molecular complexity index is 1410. The molecule has 0 bridgehead atoms. The van der Waals surface area contributed by atoms with Crippen molar-refractivity contribution in [3.8, 4) is 11.5 Å². The number of benzene rings is 4. The van der Waals surface area contributed by atoms with Crippen molar-refractivity contribution in [1.29, 1.82) is 0 Å². The second-order valence-electron chi connectivity index (χ2n) is 7.99. The van der Waals surface area contributed by atoms with E-state index >= 15 is 0 Å². The summed E-state index contributed by atoms with van der Waals surface area (Å²) in [6.45, 7) is 0. The van der Waals surface area contributed by atoms with Crippen LogP contribution >= 0.6 is 12.2 Å². The molecule has 0 spiro atoms. The Balaban J connectivity index is 1.34. The molecule has 4 aromatic carbocycles. The summed E-state index contributed by atoms with van der Waals surface area (Å²) in [7, 11) is 1.71. The first-order chi connectivity index (χ1) is 17.6. The van der Waals surface area contributed by atoms with Crippen molar-refractivity contribution >= 4 is 40.4 Å². The van der Waals surface area contributed by atoms with E-state index in [0.717, 1.165) is 33.4 Å². The first-order valence-corrected chi connectivity index (χ1v) is 11.7. The molecule has 178 valence electrons. The van der Waals surface area contributed by atoms with Gasteiger partial charge in [-0.1, -0.05) is 66.7 Å². The fraction of sp³-hybridized carbons (Fsp3) is 0.0357. The van der Waals surface area contributed by atoms with E-state index < -0.39 is 0 Å². The average Bonchev–Trinajstić information content (AvgIpc) is 3.01. The maximum atomic E-state index is 13.3. The number of carbonyl (C=O) groups is 1. The first-order valence-electron chi connectivity index (χ1n) is 11.3. The molecule has 5 rings (SSSR count). The summed E-state index contributed by atoms with van der Waals surface area (Å²) in [4.78, 5) is 14.8. The van der Waals surface area contributed by atoms with Gasteiger partial charge in [0, 0.05) is 23.9 Å². The van der Waals surface area contributed by atoms with Gasteiger partial charge in [0.2, 0.25) is 0 Å². The number of hydrogen-bond donors (Lipinski definition) is 2. The predicted molar refractivity (Wildman–Crippen MR) is 146 cm³/mol. The van der Waals surface area contributed by atoms with Crippen LogP contribution < -0.4 is 20.4 Å². The lowest BCUT2D eigenvalue weighted by atomic mass is 10.0. The van der Waals surface area contributed by atoms with Crippen LogP contribution in [0.5, 0.6) is 11.5 Å². The molecule has 1 aliphatic heterocycles. The summed E-state index contributed by atoms with van der Waals surface area (Å²) in [5.74, 6) is 1.46. The molecule has 0 aliphatic carbocycles. The van der Waals surface area contributed by atoms with Crippen LogP contribution in [-0.2, 0) is 0 Å². The van der Waals surface area contributed by atoms with E-state index in [1.807, 2.05) is 109 Å². The molecule has 0 saturated heterocycles. The van der Waals surface area contributed by atoms with Crippen molar-refractivity contribution in [2.75, 3.05) is 17.3 Å². The highest BCUT2D eigenvalue weighted by molar-refractivity contribution is 7.80. The average molecular weight is 494 g/mol. The normalized spacial score (nSPS) is 12.8. The van der Waals surface area contributed by atoms with Gasteiger partial charge >= 0.3 is 6.03 Å². The van der Waals surface area contributed by atoms with Crippen LogP contribution in [0.4, 0.5) is 16.2 Å². The van der Waals surface area contributed by atoms with E-state index in [0.29, 0.717) is 11.5 Å². The van der Waals surface area contributed by atoms with Gasteiger partial charge in [0.05, 0.1) is 5.69 Å². The van der Waals surface area contributed by atoms with E-state index in [1.54, 1.807) is 11.9 Å². The molecule has 36 heavy (non-hydrogen) atoms. The Hall–Kier alpha value is -4.69. The summed E-state index contributed by atoms with van der Waals surface area (Å²) in [5, 5.41) is 9.13. The SMILES string of the molecule is CN1C(=O)N(NC(=S)Nc2ccc(Oc3ccccc3)cc2)N=C(c2ccccc2)c2ccccc21. The lowest BCUT2D eigenvalue weighted by Gasteiger charge is -2.23. The topological polar surface area (TPSA) is 69.2 Å². The molecule has 0 saturated carbocycles. The highest BCUT2D eigenvalue weighted by Crippen LogP contribution is 2.27. The van der Waals surface area contributed by atoms with Gasteiger partial charge < -0.3 is 10.1 Å². The van der Waals surface area contributed by atoms with Gasteiger partial charge in [-0.3, -0.25) is 4.90 Å². The smallest absolute Gasteiger partial charge is 0.364 e. The second-order valence-corrected chi connectivity index (χ2v) is 8.40. The maximum Gasteiger partial charge on any atom is 0.364 e. The summed E-state index contributed by atoms with van der Waals surface area (Å²) >= 11 is 5.50. The minimum atomic E-state index is -0.371. The monoisotopic (exact) mass is 493 g/mol. The quantitative estimate of drug-likeness (QED) is 0.334. The minimum absolute atomic E-state index is 0.218. The van der Waals surface area contributed by atoms with E-state index in [4.69, 9.17) is 17.0 Å². The lowest BCUT2D eigenvalue weighted by molar-refractivity contribution is 0.198. The van der Waals surface area contributed by atoms with Crippen LogP contribution in [0.15, 0.2) is 114 Å². The van der Waals surface area contributed by atoms with Crippen LogP contribution in [-0.4, -0.2) is 29.0 Å². The number of carbonyl (C=O) groups excluding carboxylic acids is 1. The molecule has 2 N–H and O–H groups in total. The fourth-order valence-corrected chi connectivity index (χ4v) is 3.98. The molecule has 8 heteroatoms. The highest BCUT2D eigenvalue weighted by Gasteiger charge is 2.28. The summed E-state index contributed by atoms with van der Waals surface area (Å²) < 4.78 is 5.83. The molecular formula is C28H23N5O2S. The molecule has 4 aromatic rings. The molecule has 0 fully saturated rings. The number of nitrogens with zero attached hydrogens (tertiary/aromatic N) is 3. The van der Waals surface area contributed by atoms with Crippen molar-refractivity contribution in [2.45, 2.75) is 0 Å². The van der Waals surface area contributed by atoms with Crippen molar-refractivity contribution in [2.24, 2.45) is 5.10 Å². The highest BCUT2D eigenvalue weighted by atomic mass is 32.1. The number of hydrazone groups is 1. The molecule has 0 radical (unpaired) electrons. The number of ether oxygens (including phenoxy) is 1. The number of amides is 2. The minimum Gasteiger partial charge on any atom is -0.457 e. The largest absolute Gasteiger partial charge is 0.457 e. The fourth-order valence-electron chi connectivity index (χ4n) is 3.78. The number of fused-ring (bicyclic) bond motifs is 1. The van der Waals surface area contributed by atoms with Crippen LogP contribution in [0.1, 0.15) is 11.1 Å². The number of hydrazine groups is 1. The summed E-state index contributed by atoms with van der Waals surface area (Å²) in [6, 6.07) is 33.9. The summed E-state index contributed by atoms with van der Waals surface area (Å²) in [6.07, 6.45) is 0. The molecule has 0 atom stereocenters. The standard InChI is InChI=1S/C28H23N5O2S/c1-32-25-15-9-8-14-24(25)26(20-10-4-2-5-11-20)30-33(28(32)34)31-27(36)29-21-16-18-23(19-17-21)35-22-12-6-3-7-13-22/h2-19H,1H3,(H2,29,31,36). The van der Waals surface area contributed by atoms with E-state index in [2.05, 4.69) is 15.8 Å². The van der Waals surface area contributed by atoms with Crippen molar-refractivity contribution in [1.82, 2.24) is 10.5 Å². The number of urea groups is 1. The van der Waals surface area contributed by atoms with Gasteiger partial charge in [0.15, 0.2) is 5.11 Å². The van der Waals surface area contributed by atoms with Crippen molar-refractivity contribution < 1.29 is 9.53 Å². The number of rotatable bonds is 5. The third kappa shape index (κ3) is 5.03. The van der Waals surface area contributed by atoms with Crippen molar-refractivity contribution in [3.63, 3.8) is 0 Å². The molecule has 2 amide bonds. The summed E-state index contributed by atoms with van der Waals surface area (Å²) in [5.41, 5.74) is 6.79. The molecule has 1 aliphatic rings. The molecule has 7 nitrogen and oxygen atoms in total. The van der Waals surface area contributed by atoms with Crippen molar-refractivity contribution in [3.05, 3.63) is 120 Å². The second kappa shape index (κ2) is 10.3. The molecular weight excluding hydrogens is 470 g/mol. The van der Waals surface area contributed by atoms with Gasteiger partial charge in [0.1, 0.15) is 17.2 Å². The van der Waals surface area contributed by atoms with Crippen LogP contribution in [0.3, 0.4) is 0 Å².